The van der Waals surface area contributed by atoms with Crippen LogP contribution in [-0.4, -0.2) is 19.0 Å². The zero-order valence-corrected chi connectivity index (χ0v) is 18.4. The van der Waals surface area contributed by atoms with E-state index in [0.29, 0.717) is 16.9 Å². The van der Waals surface area contributed by atoms with Crippen LogP contribution in [0.25, 0.3) is 6.08 Å². The van der Waals surface area contributed by atoms with Gasteiger partial charge in [0.1, 0.15) is 24.0 Å². The number of benzene rings is 3. The summed E-state index contributed by atoms with van der Waals surface area (Å²) >= 11 is 0. The van der Waals surface area contributed by atoms with E-state index in [1.807, 2.05) is 0 Å². The molecule has 178 valence electrons. The first kappa shape index (κ1) is 25.1. The summed E-state index contributed by atoms with van der Waals surface area (Å²) in [6.45, 7) is 0.143. The van der Waals surface area contributed by atoms with E-state index in [1.54, 1.807) is 54.6 Å². The molecule has 6 nitrogen and oxygen atoms in total. The maximum absolute atomic E-state index is 12.9. The van der Waals surface area contributed by atoms with Crippen molar-refractivity contribution < 1.29 is 32.2 Å². The minimum atomic E-state index is -4.56. The number of hydrogen-bond donors (Lipinski definition) is 1. The van der Waals surface area contributed by atoms with Gasteiger partial charge in [-0.05, 0) is 48.0 Å². The summed E-state index contributed by atoms with van der Waals surface area (Å²) in [5, 5.41) is 11.8. The Balaban J connectivity index is 1.75. The van der Waals surface area contributed by atoms with Gasteiger partial charge < -0.3 is 14.8 Å². The summed E-state index contributed by atoms with van der Waals surface area (Å²) in [6, 6.07) is 19.2. The van der Waals surface area contributed by atoms with Crippen LogP contribution in [0.3, 0.4) is 0 Å². The van der Waals surface area contributed by atoms with E-state index in [4.69, 9.17) is 4.74 Å². The van der Waals surface area contributed by atoms with Crippen LogP contribution < -0.4 is 10.1 Å². The third kappa shape index (κ3) is 6.71. The van der Waals surface area contributed by atoms with Crippen LogP contribution >= 0.6 is 0 Å². The molecule has 0 aliphatic rings. The predicted octanol–water partition coefficient (Wildman–Crippen LogP) is 5.62. The molecule has 3 rings (SSSR count). The lowest BCUT2D eigenvalue weighted by Gasteiger charge is -2.11. The first-order valence-corrected chi connectivity index (χ1v) is 10.2. The van der Waals surface area contributed by atoms with Gasteiger partial charge in [0.15, 0.2) is 0 Å². The quantitative estimate of drug-likeness (QED) is 0.270. The number of carbonyl (C=O) groups excluding carboxylic acids is 2. The number of nitrogens with zero attached hydrogens (tertiary/aromatic N) is 1. The molecule has 0 spiro atoms. The molecule has 0 radical (unpaired) electrons. The molecule has 0 aliphatic heterocycles. The Labute approximate surface area is 199 Å². The number of nitriles is 1. The lowest BCUT2D eigenvalue weighted by molar-refractivity contribution is -0.137. The predicted molar refractivity (Wildman–Crippen MR) is 122 cm³/mol. The highest BCUT2D eigenvalue weighted by atomic mass is 19.4. The van der Waals surface area contributed by atoms with Crippen molar-refractivity contribution in [3.8, 4) is 11.8 Å². The lowest BCUT2D eigenvalue weighted by atomic mass is 10.1. The number of nitrogens with one attached hydrogen (secondary N) is 1. The number of halogens is 3. The van der Waals surface area contributed by atoms with Gasteiger partial charge in [0.2, 0.25) is 0 Å². The van der Waals surface area contributed by atoms with Gasteiger partial charge >= 0.3 is 12.1 Å². The second-order valence-corrected chi connectivity index (χ2v) is 7.22. The van der Waals surface area contributed by atoms with Crippen molar-refractivity contribution in [3.05, 3.63) is 101 Å². The zero-order chi connectivity index (χ0) is 25.4. The van der Waals surface area contributed by atoms with Crippen molar-refractivity contribution in [2.24, 2.45) is 0 Å². The van der Waals surface area contributed by atoms with Crippen molar-refractivity contribution in [2.45, 2.75) is 12.8 Å². The normalized spacial score (nSPS) is 11.3. The first-order chi connectivity index (χ1) is 16.7. The molecular weight excluding hydrogens is 461 g/mol. The second kappa shape index (κ2) is 11.0. The average Bonchev–Trinajstić information content (AvgIpc) is 2.86. The summed E-state index contributed by atoms with van der Waals surface area (Å²) < 4.78 is 49.2. The summed E-state index contributed by atoms with van der Waals surface area (Å²) in [6.07, 6.45) is -3.27. The summed E-state index contributed by atoms with van der Waals surface area (Å²) in [5.41, 5.74) is 0.252. The largest absolute Gasteiger partial charge is 0.488 e. The van der Waals surface area contributed by atoms with Gasteiger partial charge in [-0.15, -0.1) is 0 Å². The highest BCUT2D eigenvalue weighted by Gasteiger charge is 2.30. The maximum Gasteiger partial charge on any atom is 0.416 e. The fourth-order valence-electron chi connectivity index (χ4n) is 3.02. The van der Waals surface area contributed by atoms with Crippen LogP contribution in [-0.2, 0) is 22.3 Å². The third-order valence-electron chi connectivity index (χ3n) is 4.80. The maximum atomic E-state index is 12.9. The monoisotopic (exact) mass is 480 g/mol. The zero-order valence-electron chi connectivity index (χ0n) is 18.4. The molecular formula is C26H19F3N2O4. The summed E-state index contributed by atoms with van der Waals surface area (Å²) in [5.74, 6) is -0.940. The second-order valence-electron chi connectivity index (χ2n) is 7.22. The Hall–Kier alpha value is -4.58. The third-order valence-corrected chi connectivity index (χ3v) is 4.80. The minimum Gasteiger partial charge on any atom is -0.488 e. The van der Waals surface area contributed by atoms with Crippen molar-refractivity contribution in [2.75, 3.05) is 12.4 Å². The number of para-hydroxylation sites is 1. The number of methoxy groups -OCH3 is 1. The van der Waals surface area contributed by atoms with E-state index in [1.165, 1.54) is 19.3 Å². The number of amides is 1. The van der Waals surface area contributed by atoms with Crippen LogP contribution in [0.2, 0.25) is 0 Å². The molecule has 0 saturated heterocycles. The molecule has 1 amide bonds. The number of ether oxygens (including phenoxy) is 2. The van der Waals surface area contributed by atoms with Gasteiger partial charge in [-0.1, -0.05) is 36.4 Å². The Morgan fingerprint density at radius 2 is 1.74 bits per heavy atom. The van der Waals surface area contributed by atoms with Crippen molar-refractivity contribution in [1.82, 2.24) is 0 Å². The van der Waals surface area contributed by atoms with E-state index in [0.717, 1.165) is 23.8 Å². The fraction of sp³-hybridized carbons (Fsp3) is 0.115. The highest BCUT2D eigenvalue weighted by Crippen LogP contribution is 2.31. The molecule has 3 aromatic carbocycles. The minimum absolute atomic E-state index is 0.0917. The molecule has 3 aromatic rings. The number of alkyl halides is 3. The van der Waals surface area contributed by atoms with E-state index >= 15 is 0 Å². The van der Waals surface area contributed by atoms with Crippen molar-refractivity contribution in [3.63, 3.8) is 0 Å². The van der Waals surface area contributed by atoms with Crippen LogP contribution in [0.5, 0.6) is 5.75 Å². The van der Waals surface area contributed by atoms with Gasteiger partial charge in [0, 0.05) is 11.3 Å². The van der Waals surface area contributed by atoms with Crippen molar-refractivity contribution >= 4 is 23.6 Å². The first-order valence-electron chi connectivity index (χ1n) is 10.2. The highest BCUT2D eigenvalue weighted by molar-refractivity contribution is 6.09. The number of hydrogen-bond acceptors (Lipinski definition) is 5. The molecule has 9 heteroatoms. The lowest BCUT2D eigenvalue weighted by Crippen LogP contribution is -2.14. The molecule has 1 N–H and O–H groups in total. The standard InChI is InChI=1S/C26H19F3N2O4/c1-34-25(33)18-11-9-17(10-12-18)16-35-23-8-3-2-5-19(23)13-20(15-30)24(32)31-22-7-4-6-21(14-22)26(27,28)29/h2-14H,16H2,1H3,(H,31,32)/b20-13+. The Bertz CT molecular complexity index is 1290. The van der Waals surface area contributed by atoms with Gasteiger partial charge in [-0.2, -0.15) is 18.4 Å². The molecule has 0 bridgehead atoms. The summed E-state index contributed by atoms with van der Waals surface area (Å²) in [4.78, 5) is 24.1. The Morgan fingerprint density at radius 1 is 1.03 bits per heavy atom. The van der Waals surface area contributed by atoms with Crippen molar-refractivity contribution in [1.29, 1.82) is 5.26 Å². The number of esters is 1. The molecule has 0 atom stereocenters. The molecule has 0 aromatic heterocycles. The number of anilines is 1. The average molecular weight is 480 g/mol. The van der Waals surface area contributed by atoms with Gasteiger partial charge in [-0.25, -0.2) is 4.79 Å². The molecule has 0 saturated carbocycles. The van der Waals surface area contributed by atoms with Crippen LogP contribution in [0.4, 0.5) is 18.9 Å². The van der Waals surface area contributed by atoms with Gasteiger partial charge in [-0.3, -0.25) is 4.79 Å². The molecule has 0 fully saturated rings. The van der Waals surface area contributed by atoms with Crippen LogP contribution in [0.15, 0.2) is 78.4 Å². The molecule has 35 heavy (non-hydrogen) atoms. The SMILES string of the molecule is COC(=O)c1ccc(COc2ccccc2/C=C(\C#N)C(=O)Nc2cccc(C(F)(F)F)c2)cc1. The topological polar surface area (TPSA) is 88.4 Å². The number of carbonyl (C=O) groups is 2. The van der Waals surface area contributed by atoms with Gasteiger partial charge in [0.05, 0.1) is 18.2 Å². The summed E-state index contributed by atoms with van der Waals surface area (Å²) in [7, 11) is 1.29. The van der Waals surface area contributed by atoms with Gasteiger partial charge in [0.25, 0.3) is 5.91 Å². The van der Waals surface area contributed by atoms with E-state index in [-0.39, 0.29) is 17.9 Å². The fourth-order valence-corrected chi connectivity index (χ4v) is 3.02. The Kier molecular flexibility index (Phi) is 7.89. The van der Waals surface area contributed by atoms with E-state index in [9.17, 15) is 28.0 Å². The van der Waals surface area contributed by atoms with E-state index in [2.05, 4.69) is 10.1 Å². The molecule has 0 heterocycles. The smallest absolute Gasteiger partial charge is 0.416 e. The van der Waals surface area contributed by atoms with Crippen LogP contribution in [0.1, 0.15) is 27.0 Å². The molecule has 0 unspecified atom stereocenters. The number of rotatable bonds is 7. The molecule has 0 aliphatic carbocycles. The Morgan fingerprint density at radius 3 is 2.40 bits per heavy atom. The van der Waals surface area contributed by atoms with E-state index < -0.39 is 23.6 Å². The van der Waals surface area contributed by atoms with Crippen LogP contribution in [0, 0.1) is 11.3 Å².